The normalized spacial score (nSPS) is 21.2. The second-order valence-corrected chi connectivity index (χ2v) is 5.74. The van der Waals surface area contributed by atoms with Crippen molar-refractivity contribution in [3.8, 4) is 0 Å². The minimum absolute atomic E-state index is 0.126. The maximum atomic E-state index is 13.4. The van der Waals surface area contributed by atoms with Crippen LogP contribution >= 0.6 is 0 Å². The van der Waals surface area contributed by atoms with Gasteiger partial charge in [0.2, 0.25) is 5.91 Å². The third-order valence-corrected chi connectivity index (χ3v) is 4.04. The third-order valence-electron chi connectivity index (χ3n) is 4.04. The number of nitrogens with one attached hydrogen (secondary N) is 2. The lowest BCUT2D eigenvalue weighted by Crippen LogP contribution is -2.45. The first-order chi connectivity index (χ1) is 10.5. The Morgan fingerprint density at radius 3 is 2.64 bits per heavy atom. The third kappa shape index (κ3) is 4.26. The second kappa shape index (κ2) is 7.33. The summed E-state index contributed by atoms with van der Waals surface area (Å²) in [5, 5.41) is 5.24. The molecule has 0 heterocycles. The summed E-state index contributed by atoms with van der Waals surface area (Å²) in [6.45, 7) is 1.87. The van der Waals surface area contributed by atoms with Crippen LogP contribution < -0.4 is 10.6 Å². The first-order valence-corrected chi connectivity index (χ1v) is 7.50. The first kappa shape index (κ1) is 16.4. The van der Waals surface area contributed by atoms with Crippen LogP contribution in [0, 0.1) is 17.6 Å². The molecule has 0 saturated heterocycles. The van der Waals surface area contributed by atoms with Crippen LogP contribution in [0.3, 0.4) is 0 Å². The number of halogens is 2. The second-order valence-electron chi connectivity index (χ2n) is 5.74. The summed E-state index contributed by atoms with van der Waals surface area (Å²) in [7, 11) is 0. The minimum Gasteiger partial charge on any atom is -0.352 e. The van der Waals surface area contributed by atoms with Gasteiger partial charge in [0.15, 0.2) is 0 Å². The van der Waals surface area contributed by atoms with Gasteiger partial charge in [0, 0.05) is 12.1 Å². The van der Waals surface area contributed by atoms with Gasteiger partial charge in [0.1, 0.15) is 11.6 Å². The molecule has 0 aliphatic heterocycles. The van der Waals surface area contributed by atoms with E-state index in [2.05, 4.69) is 17.6 Å². The van der Waals surface area contributed by atoms with E-state index in [4.69, 9.17) is 0 Å². The lowest BCUT2D eigenvalue weighted by molar-refractivity contribution is -0.121. The van der Waals surface area contributed by atoms with E-state index in [0.29, 0.717) is 12.0 Å². The van der Waals surface area contributed by atoms with E-state index < -0.39 is 17.5 Å². The molecule has 0 aromatic heterocycles. The highest BCUT2D eigenvalue weighted by Crippen LogP contribution is 2.23. The summed E-state index contributed by atoms with van der Waals surface area (Å²) < 4.78 is 26.2. The maximum absolute atomic E-state index is 13.4. The fraction of sp³-hybridized carbons (Fsp3) is 0.500. The predicted octanol–water partition coefficient (Wildman–Crippen LogP) is 2.39. The molecule has 1 aromatic rings. The SMILES string of the molecule is C[C@H]1CCCC[C@@H]1NC(=O)CNC(=O)c1ccc(F)cc1F. The Morgan fingerprint density at radius 1 is 1.23 bits per heavy atom. The summed E-state index contributed by atoms with van der Waals surface area (Å²) in [6, 6.07) is 2.82. The molecule has 22 heavy (non-hydrogen) atoms. The van der Waals surface area contributed by atoms with E-state index in [-0.39, 0.29) is 24.1 Å². The van der Waals surface area contributed by atoms with Gasteiger partial charge in [-0.2, -0.15) is 0 Å². The van der Waals surface area contributed by atoms with E-state index >= 15 is 0 Å². The van der Waals surface area contributed by atoms with Gasteiger partial charge >= 0.3 is 0 Å². The van der Waals surface area contributed by atoms with E-state index in [0.717, 1.165) is 31.4 Å². The Hall–Kier alpha value is -1.98. The van der Waals surface area contributed by atoms with Crippen molar-refractivity contribution in [2.45, 2.75) is 38.6 Å². The molecular formula is C16H20F2N2O2. The Morgan fingerprint density at radius 2 is 1.95 bits per heavy atom. The lowest BCUT2D eigenvalue weighted by atomic mass is 9.86. The van der Waals surface area contributed by atoms with Crippen molar-refractivity contribution < 1.29 is 18.4 Å². The average molecular weight is 310 g/mol. The van der Waals surface area contributed by atoms with Crippen molar-refractivity contribution in [1.82, 2.24) is 10.6 Å². The number of carbonyl (C=O) groups is 2. The van der Waals surface area contributed by atoms with Crippen molar-refractivity contribution in [1.29, 1.82) is 0 Å². The van der Waals surface area contributed by atoms with Crippen LogP contribution in [-0.2, 0) is 4.79 Å². The van der Waals surface area contributed by atoms with Gasteiger partial charge in [0.05, 0.1) is 12.1 Å². The van der Waals surface area contributed by atoms with E-state index in [1.807, 2.05) is 0 Å². The van der Waals surface area contributed by atoms with Crippen molar-refractivity contribution in [2.75, 3.05) is 6.54 Å². The number of hydrogen-bond donors (Lipinski definition) is 2. The molecule has 1 aromatic carbocycles. The molecule has 0 unspecified atom stereocenters. The fourth-order valence-electron chi connectivity index (χ4n) is 2.72. The van der Waals surface area contributed by atoms with Gasteiger partial charge in [-0.25, -0.2) is 8.78 Å². The molecule has 1 saturated carbocycles. The van der Waals surface area contributed by atoms with Crippen LogP contribution in [0.4, 0.5) is 8.78 Å². The molecule has 1 fully saturated rings. The zero-order chi connectivity index (χ0) is 16.1. The molecule has 0 bridgehead atoms. The molecule has 120 valence electrons. The monoisotopic (exact) mass is 310 g/mol. The van der Waals surface area contributed by atoms with E-state index in [1.54, 1.807) is 0 Å². The largest absolute Gasteiger partial charge is 0.352 e. The summed E-state index contributed by atoms with van der Waals surface area (Å²) >= 11 is 0. The Balaban J connectivity index is 1.84. The molecule has 2 rings (SSSR count). The van der Waals surface area contributed by atoms with Gasteiger partial charge in [-0.05, 0) is 30.9 Å². The first-order valence-electron chi connectivity index (χ1n) is 7.50. The lowest BCUT2D eigenvalue weighted by Gasteiger charge is -2.29. The van der Waals surface area contributed by atoms with Crippen LogP contribution in [0.5, 0.6) is 0 Å². The van der Waals surface area contributed by atoms with Crippen molar-refractivity contribution in [3.63, 3.8) is 0 Å². The van der Waals surface area contributed by atoms with Crippen LogP contribution in [0.2, 0.25) is 0 Å². The van der Waals surface area contributed by atoms with Crippen molar-refractivity contribution in [3.05, 3.63) is 35.4 Å². The summed E-state index contributed by atoms with van der Waals surface area (Å²) in [6.07, 6.45) is 4.28. The summed E-state index contributed by atoms with van der Waals surface area (Å²) in [5.74, 6) is -2.31. The Kier molecular flexibility index (Phi) is 5.46. The number of amides is 2. The van der Waals surface area contributed by atoms with Gasteiger partial charge in [-0.3, -0.25) is 9.59 Å². The molecule has 6 heteroatoms. The minimum atomic E-state index is -0.946. The zero-order valence-corrected chi connectivity index (χ0v) is 12.5. The van der Waals surface area contributed by atoms with Crippen LogP contribution in [0.15, 0.2) is 18.2 Å². The standard InChI is InChI=1S/C16H20F2N2O2/c1-10-4-2-3-5-14(10)20-15(21)9-19-16(22)12-7-6-11(17)8-13(12)18/h6-8,10,14H,2-5,9H2,1H3,(H,19,22)(H,20,21)/t10-,14-/m0/s1. The molecule has 2 N–H and O–H groups in total. The highest BCUT2D eigenvalue weighted by molar-refractivity contribution is 5.96. The van der Waals surface area contributed by atoms with Crippen LogP contribution in [0.1, 0.15) is 43.0 Å². The summed E-state index contributed by atoms with van der Waals surface area (Å²) in [4.78, 5) is 23.6. The fourth-order valence-corrected chi connectivity index (χ4v) is 2.72. The predicted molar refractivity (Wildman–Crippen MR) is 78.3 cm³/mol. The van der Waals surface area contributed by atoms with Gasteiger partial charge < -0.3 is 10.6 Å². The van der Waals surface area contributed by atoms with E-state index in [1.165, 1.54) is 6.42 Å². The van der Waals surface area contributed by atoms with Crippen molar-refractivity contribution >= 4 is 11.8 Å². The number of hydrogen-bond acceptors (Lipinski definition) is 2. The van der Waals surface area contributed by atoms with Crippen molar-refractivity contribution in [2.24, 2.45) is 5.92 Å². The molecule has 1 aliphatic rings. The number of rotatable bonds is 4. The molecule has 0 radical (unpaired) electrons. The smallest absolute Gasteiger partial charge is 0.254 e. The van der Waals surface area contributed by atoms with E-state index in [9.17, 15) is 18.4 Å². The average Bonchev–Trinajstić information content (AvgIpc) is 2.47. The zero-order valence-electron chi connectivity index (χ0n) is 12.5. The Bertz CT molecular complexity index is 563. The van der Waals surface area contributed by atoms with Gasteiger partial charge in [0.25, 0.3) is 5.91 Å². The quantitative estimate of drug-likeness (QED) is 0.897. The molecule has 2 amide bonds. The number of benzene rings is 1. The highest BCUT2D eigenvalue weighted by Gasteiger charge is 2.23. The number of carbonyl (C=O) groups excluding carboxylic acids is 2. The summed E-state index contributed by atoms with van der Waals surface area (Å²) in [5.41, 5.74) is -0.278. The molecule has 4 nitrogen and oxygen atoms in total. The molecule has 1 aliphatic carbocycles. The Labute approximate surface area is 128 Å². The molecule has 2 atom stereocenters. The topological polar surface area (TPSA) is 58.2 Å². The van der Waals surface area contributed by atoms with Gasteiger partial charge in [-0.15, -0.1) is 0 Å². The van der Waals surface area contributed by atoms with Gasteiger partial charge in [-0.1, -0.05) is 19.8 Å². The maximum Gasteiger partial charge on any atom is 0.254 e. The molecule has 0 spiro atoms. The van der Waals surface area contributed by atoms with Crippen LogP contribution in [-0.4, -0.2) is 24.4 Å². The molecular weight excluding hydrogens is 290 g/mol. The highest BCUT2D eigenvalue weighted by atomic mass is 19.1. The van der Waals surface area contributed by atoms with Crippen LogP contribution in [0.25, 0.3) is 0 Å².